The predicted molar refractivity (Wildman–Crippen MR) is 205 cm³/mol. The van der Waals surface area contributed by atoms with Crippen LogP contribution in [-0.2, 0) is 27.9 Å². The summed E-state index contributed by atoms with van der Waals surface area (Å²) in [6.45, 7) is 24.0. The summed E-state index contributed by atoms with van der Waals surface area (Å²) in [5.74, 6) is 1.30. The molecule has 4 aliphatic carbocycles. The zero-order valence-electron chi connectivity index (χ0n) is 33.6. The highest BCUT2D eigenvalue weighted by Gasteiger charge is 2.68. The van der Waals surface area contributed by atoms with Crippen LogP contribution in [0.15, 0.2) is 16.7 Å². The minimum atomic E-state index is -2.01. The molecular weight excluding hydrogens is 697 g/mol. The van der Waals surface area contributed by atoms with Crippen LogP contribution in [-0.4, -0.2) is 85.9 Å². The lowest BCUT2D eigenvalue weighted by Crippen LogP contribution is -2.64. The molecule has 13 atom stereocenters. The molecule has 1 aromatic rings. The monoisotopic (exact) mass is 764 g/mol. The SMILES string of the molecule is CO[C@H]1[C@H](O[Si](C)(C)C)[C@H](O[C@H]2CC[C@@]3(C=O)[C@H](CC[C@@H]4[C@@H]3CC[C@]3(C)[C@@H](c5coc(O[Si](C)(C)C)c5)CC[C@@]43O)C2)O[C@@H](C)[C@@H]1O[Si](C)(C)C. The zero-order valence-corrected chi connectivity index (χ0v) is 36.6. The maximum atomic E-state index is 13.4. The summed E-state index contributed by atoms with van der Waals surface area (Å²) in [6.07, 6.45) is 9.15. The molecule has 1 saturated heterocycles. The largest absolute Gasteiger partial charge is 0.519 e. The number of hydrogen-bond acceptors (Lipinski definition) is 9. The number of ether oxygens (including phenoxy) is 3. The van der Waals surface area contributed by atoms with Crippen molar-refractivity contribution in [1.82, 2.24) is 0 Å². The van der Waals surface area contributed by atoms with Gasteiger partial charge in [0.25, 0.3) is 5.95 Å². The van der Waals surface area contributed by atoms with E-state index in [2.05, 4.69) is 78.8 Å². The molecule has 4 saturated carbocycles. The van der Waals surface area contributed by atoms with Crippen molar-refractivity contribution in [2.75, 3.05) is 7.11 Å². The molecule has 0 bridgehead atoms. The fraction of sp³-hybridized carbons (Fsp3) is 0.872. The van der Waals surface area contributed by atoms with Crippen molar-refractivity contribution in [2.24, 2.45) is 28.6 Å². The standard InChI is InChI=1S/C39H68O9Si3/c1-25-33(47-50(7,8)9)34(42-3)35(48-51(10,11)12)36(44-25)45-28-15-19-38(24-40)27(22-28)13-14-31-30(38)16-18-37(2)29(17-20-39(31,37)41)26-21-32(43-23-26)46-49(4,5)6/h21,23-25,27-31,33-36,41H,13-20,22H2,1-12H3/t25-,27+,28-,29+,30-,31+,33-,34+,35-,36-,37+,38+,39+/m0/s1. The second-order valence-corrected chi connectivity index (χ2v) is 33.3. The summed E-state index contributed by atoms with van der Waals surface area (Å²) in [4.78, 5) is 13.4. The van der Waals surface area contributed by atoms with Gasteiger partial charge in [-0.25, -0.2) is 0 Å². The topological polar surface area (TPSA) is 106 Å². The first-order chi connectivity index (χ1) is 23.6. The van der Waals surface area contributed by atoms with Crippen molar-refractivity contribution in [2.45, 2.75) is 179 Å². The van der Waals surface area contributed by atoms with E-state index in [0.717, 1.165) is 63.4 Å². The quantitative estimate of drug-likeness (QED) is 0.135. The van der Waals surface area contributed by atoms with E-state index >= 15 is 0 Å². The average Bonchev–Trinajstić information content (AvgIpc) is 3.57. The van der Waals surface area contributed by atoms with Crippen LogP contribution in [0.4, 0.5) is 0 Å². The minimum absolute atomic E-state index is 0.0435. The molecule has 290 valence electrons. The van der Waals surface area contributed by atoms with Crippen LogP contribution in [0.1, 0.15) is 83.1 Å². The third-order valence-corrected chi connectivity index (χ3v) is 16.1. The minimum Gasteiger partial charge on any atom is -0.519 e. The van der Waals surface area contributed by atoms with Gasteiger partial charge in [0.2, 0.25) is 8.32 Å². The first-order valence-electron chi connectivity index (χ1n) is 19.8. The van der Waals surface area contributed by atoms with Gasteiger partial charge in [-0.2, -0.15) is 0 Å². The number of methoxy groups -OCH3 is 1. The molecule has 0 unspecified atom stereocenters. The smallest absolute Gasteiger partial charge is 0.270 e. The lowest BCUT2D eigenvalue weighted by molar-refractivity contribution is -0.306. The van der Waals surface area contributed by atoms with Crippen LogP contribution in [0.5, 0.6) is 5.95 Å². The highest BCUT2D eigenvalue weighted by atomic mass is 28.4. The third kappa shape index (κ3) is 7.57. The number of furan rings is 1. The van der Waals surface area contributed by atoms with Crippen LogP contribution in [0.3, 0.4) is 0 Å². The summed E-state index contributed by atoms with van der Waals surface area (Å²) in [5, 5.41) is 12.8. The molecular formula is C39H68O9Si3. The van der Waals surface area contributed by atoms with Gasteiger partial charge in [0.1, 0.15) is 18.5 Å². The van der Waals surface area contributed by atoms with Gasteiger partial charge >= 0.3 is 0 Å². The number of carbonyl (C=O) groups excluding carboxylic acids is 1. The number of hydrogen-bond donors (Lipinski definition) is 1. The summed E-state index contributed by atoms with van der Waals surface area (Å²) in [5.41, 5.74) is -0.391. The molecule has 1 aromatic heterocycles. The first-order valence-corrected chi connectivity index (χ1v) is 30.0. The Morgan fingerprint density at radius 2 is 1.53 bits per heavy atom. The molecule has 12 heteroatoms. The van der Waals surface area contributed by atoms with E-state index in [1.54, 1.807) is 7.11 Å². The Morgan fingerprint density at radius 3 is 2.16 bits per heavy atom. The molecule has 0 spiro atoms. The summed E-state index contributed by atoms with van der Waals surface area (Å²) < 4.78 is 45.2. The van der Waals surface area contributed by atoms with Gasteiger partial charge in [0, 0.05) is 24.0 Å². The van der Waals surface area contributed by atoms with E-state index in [1.807, 2.05) is 6.26 Å². The van der Waals surface area contributed by atoms with Crippen LogP contribution in [0.2, 0.25) is 58.9 Å². The third-order valence-electron chi connectivity index (χ3n) is 13.3. The fourth-order valence-electron chi connectivity index (χ4n) is 11.3. The molecule has 2 heterocycles. The Bertz CT molecular complexity index is 1380. The number of rotatable bonds is 11. The molecule has 5 aliphatic rings. The van der Waals surface area contributed by atoms with Crippen molar-refractivity contribution < 1.29 is 41.8 Å². The number of carbonyl (C=O) groups is 1. The Hall–Kier alpha value is -0.839. The van der Waals surface area contributed by atoms with Gasteiger partial charge in [0.15, 0.2) is 22.9 Å². The molecule has 0 radical (unpaired) electrons. The molecule has 5 fully saturated rings. The molecule has 6 rings (SSSR count). The molecule has 0 amide bonds. The Labute approximate surface area is 310 Å². The van der Waals surface area contributed by atoms with E-state index in [0.29, 0.717) is 5.95 Å². The van der Waals surface area contributed by atoms with Crippen LogP contribution in [0.25, 0.3) is 0 Å². The van der Waals surface area contributed by atoms with E-state index in [9.17, 15) is 9.90 Å². The fourth-order valence-corrected chi connectivity index (χ4v) is 14.2. The van der Waals surface area contributed by atoms with Crippen molar-refractivity contribution in [3.63, 3.8) is 0 Å². The molecule has 9 nitrogen and oxygen atoms in total. The Kier molecular flexibility index (Phi) is 11.0. The Morgan fingerprint density at radius 1 is 0.843 bits per heavy atom. The van der Waals surface area contributed by atoms with Crippen molar-refractivity contribution in [3.05, 3.63) is 17.9 Å². The van der Waals surface area contributed by atoms with Gasteiger partial charge in [0.05, 0.1) is 30.2 Å². The zero-order chi connectivity index (χ0) is 37.4. The average molecular weight is 765 g/mol. The van der Waals surface area contributed by atoms with Gasteiger partial charge in [-0.05, 0) is 153 Å². The summed E-state index contributed by atoms with van der Waals surface area (Å²) in [7, 11) is -3.97. The highest BCUT2D eigenvalue weighted by Crippen LogP contribution is 2.70. The predicted octanol–water partition coefficient (Wildman–Crippen LogP) is 8.50. The highest BCUT2D eigenvalue weighted by molar-refractivity contribution is 6.70. The van der Waals surface area contributed by atoms with E-state index in [-0.39, 0.29) is 53.5 Å². The maximum Gasteiger partial charge on any atom is 0.270 e. The van der Waals surface area contributed by atoms with E-state index in [1.165, 1.54) is 6.29 Å². The van der Waals surface area contributed by atoms with Gasteiger partial charge in [-0.1, -0.05) is 6.92 Å². The van der Waals surface area contributed by atoms with Gasteiger partial charge in [-0.3, -0.25) is 0 Å². The van der Waals surface area contributed by atoms with Crippen molar-refractivity contribution in [3.8, 4) is 5.95 Å². The van der Waals surface area contributed by atoms with Crippen LogP contribution in [0, 0.1) is 28.6 Å². The van der Waals surface area contributed by atoms with Crippen LogP contribution >= 0.6 is 0 Å². The lowest BCUT2D eigenvalue weighted by atomic mass is 9.43. The summed E-state index contributed by atoms with van der Waals surface area (Å²) >= 11 is 0. The molecule has 1 N–H and O–H groups in total. The number of aldehydes is 1. The van der Waals surface area contributed by atoms with Gasteiger partial charge < -0.3 is 41.8 Å². The molecule has 51 heavy (non-hydrogen) atoms. The van der Waals surface area contributed by atoms with Gasteiger partial charge in [-0.15, -0.1) is 0 Å². The summed E-state index contributed by atoms with van der Waals surface area (Å²) in [6, 6.07) is 2.07. The van der Waals surface area contributed by atoms with Crippen molar-refractivity contribution in [1.29, 1.82) is 0 Å². The second-order valence-electron chi connectivity index (χ2n) is 19.9. The second kappa shape index (κ2) is 14.0. The normalized spacial score (nSPS) is 43.2. The maximum absolute atomic E-state index is 13.4. The number of aliphatic hydroxyl groups is 1. The van der Waals surface area contributed by atoms with Crippen LogP contribution < -0.4 is 4.43 Å². The lowest BCUT2D eigenvalue weighted by Gasteiger charge is -2.63. The number of fused-ring (bicyclic) bond motifs is 5. The molecule has 1 aliphatic heterocycles. The van der Waals surface area contributed by atoms with Crippen molar-refractivity contribution >= 4 is 31.2 Å². The van der Waals surface area contributed by atoms with E-state index < -0.39 is 48.4 Å². The van der Waals surface area contributed by atoms with E-state index in [4.69, 9.17) is 31.9 Å². The Balaban J connectivity index is 1.18. The first kappa shape index (κ1) is 39.8. The molecule has 0 aromatic carbocycles.